The summed E-state index contributed by atoms with van der Waals surface area (Å²) in [6, 6.07) is 5.20. The zero-order valence-electron chi connectivity index (χ0n) is 10.6. The molecule has 0 spiro atoms. The van der Waals surface area contributed by atoms with Gasteiger partial charge in [-0.2, -0.15) is 0 Å². The van der Waals surface area contributed by atoms with Crippen molar-refractivity contribution in [3.8, 4) is 11.5 Å². The Balaban J connectivity index is 2.88. The molecule has 0 saturated carbocycles. The number of methoxy groups -OCH3 is 2. The highest BCUT2D eigenvalue weighted by Crippen LogP contribution is 2.23. The van der Waals surface area contributed by atoms with Crippen LogP contribution in [0.15, 0.2) is 30.4 Å². The Morgan fingerprint density at radius 2 is 1.65 bits per heavy atom. The van der Waals surface area contributed by atoms with Crippen molar-refractivity contribution >= 4 is 5.78 Å². The molecule has 0 amide bonds. The van der Waals surface area contributed by atoms with E-state index in [0.717, 1.165) is 5.57 Å². The number of carbonyl (C=O) groups excluding carboxylic acids is 1. The summed E-state index contributed by atoms with van der Waals surface area (Å²) < 4.78 is 10.2. The first-order valence-electron chi connectivity index (χ1n) is 5.47. The highest BCUT2D eigenvalue weighted by Gasteiger charge is 2.09. The van der Waals surface area contributed by atoms with Crippen molar-refractivity contribution < 1.29 is 14.3 Å². The van der Waals surface area contributed by atoms with E-state index in [1.807, 2.05) is 6.92 Å². The van der Waals surface area contributed by atoms with Crippen molar-refractivity contribution in [2.75, 3.05) is 14.2 Å². The summed E-state index contributed by atoms with van der Waals surface area (Å²) in [6.45, 7) is 5.70. The molecular weight excluding hydrogens is 216 g/mol. The Bertz CT molecular complexity index is 399. The lowest BCUT2D eigenvalue weighted by atomic mass is 10.0. The first-order valence-corrected chi connectivity index (χ1v) is 5.47. The Hall–Kier alpha value is -1.77. The fourth-order valence-corrected chi connectivity index (χ4v) is 1.44. The SMILES string of the molecule is C=C(C)CCC(=O)c1cc(OC)cc(OC)c1. The van der Waals surface area contributed by atoms with Gasteiger partial charge >= 0.3 is 0 Å². The number of benzene rings is 1. The zero-order valence-corrected chi connectivity index (χ0v) is 10.6. The van der Waals surface area contributed by atoms with Crippen molar-refractivity contribution in [1.82, 2.24) is 0 Å². The van der Waals surface area contributed by atoms with Crippen LogP contribution in [0.3, 0.4) is 0 Å². The number of hydrogen-bond acceptors (Lipinski definition) is 3. The van der Waals surface area contributed by atoms with Gasteiger partial charge in [0.15, 0.2) is 5.78 Å². The van der Waals surface area contributed by atoms with Crippen molar-refractivity contribution in [3.05, 3.63) is 35.9 Å². The summed E-state index contributed by atoms with van der Waals surface area (Å²) in [5, 5.41) is 0. The van der Waals surface area contributed by atoms with E-state index < -0.39 is 0 Å². The zero-order chi connectivity index (χ0) is 12.8. The third-order valence-corrected chi connectivity index (χ3v) is 2.45. The molecule has 1 rings (SSSR count). The molecule has 0 fully saturated rings. The van der Waals surface area contributed by atoms with Gasteiger partial charge in [0, 0.05) is 18.1 Å². The molecule has 3 nitrogen and oxygen atoms in total. The second-order valence-corrected chi connectivity index (χ2v) is 3.98. The lowest BCUT2D eigenvalue weighted by Crippen LogP contribution is -2.00. The van der Waals surface area contributed by atoms with E-state index in [4.69, 9.17) is 9.47 Å². The third kappa shape index (κ3) is 3.94. The molecule has 0 atom stereocenters. The Morgan fingerprint density at radius 3 is 2.06 bits per heavy atom. The van der Waals surface area contributed by atoms with Gasteiger partial charge in [0.2, 0.25) is 0 Å². The predicted molar refractivity (Wildman–Crippen MR) is 67.9 cm³/mol. The molecule has 92 valence electrons. The fraction of sp³-hybridized carbons (Fsp3) is 0.357. The van der Waals surface area contributed by atoms with E-state index in [2.05, 4.69) is 6.58 Å². The molecule has 0 radical (unpaired) electrons. The molecule has 0 aliphatic rings. The van der Waals surface area contributed by atoms with Crippen LogP contribution < -0.4 is 9.47 Å². The van der Waals surface area contributed by atoms with E-state index in [9.17, 15) is 4.79 Å². The van der Waals surface area contributed by atoms with E-state index in [0.29, 0.717) is 29.9 Å². The van der Waals surface area contributed by atoms with Gasteiger partial charge in [-0.15, -0.1) is 6.58 Å². The maximum Gasteiger partial charge on any atom is 0.163 e. The van der Waals surface area contributed by atoms with Crippen LogP contribution in [0.1, 0.15) is 30.1 Å². The van der Waals surface area contributed by atoms with Crippen LogP contribution in [0.2, 0.25) is 0 Å². The van der Waals surface area contributed by atoms with Crippen LogP contribution in [0, 0.1) is 0 Å². The van der Waals surface area contributed by atoms with Gasteiger partial charge in [-0.1, -0.05) is 5.57 Å². The highest BCUT2D eigenvalue weighted by molar-refractivity contribution is 5.97. The Kier molecular flexibility index (Phi) is 4.76. The maximum atomic E-state index is 11.9. The predicted octanol–water partition coefficient (Wildman–Crippen LogP) is 3.24. The van der Waals surface area contributed by atoms with Crippen molar-refractivity contribution in [3.63, 3.8) is 0 Å². The molecular formula is C14H18O3. The average molecular weight is 234 g/mol. The second-order valence-electron chi connectivity index (χ2n) is 3.98. The average Bonchev–Trinajstić information content (AvgIpc) is 2.34. The lowest BCUT2D eigenvalue weighted by molar-refractivity contribution is 0.0982. The summed E-state index contributed by atoms with van der Waals surface area (Å²) in [7, 11) is 3.13. The van der Waals surface area contributed by atoms with Crippen LogP contribution >= 0.6 is 0 Å². The molecule has 3 heteroatoms. The van der Waals surface area contributed by atoms with Gasteiger partial charge < -0.3 is 9.47 Å². The Labute approximate surface area is 102 Å². The summed E-state index contributed by atoms with van der Waals surface area (Å²) in [6.07, 6.45) is 1.17. The van der Waals surface area contributed by atoms with E-state index >= 15 is 0 Å². The quantitative estimate of drug-likeness (QED) is 0.560. The summed E-state index contributed by atoms with van der Waals surface area (Å²) in [4.78, 5) is 11.9. The van der Waals surface area contributed by atoms with Gasteiger partial charge in [-0.3, -0.25) is 4.79 Å². The molecule has 0 aromatic heterocycles. The van der Waals surface area contributed by atoms with Crippen LogP contribution in [-0.2, 0) is 0 Å². The molecule has 0 heterocycles. The molecule has 17 heavy (non-hydrogen) atoms. The first-order chi connectivity index (χ1) is 8.06. The molecule has 0 bridgehead atoms. The molecule has 1 aromatic carbocycles. The van der Waals surface area contributed by atoms with Crippen molar-refractivity contribution in [2.45, 2.75) is 19.8 Å². The lowest BCUT2D eigenvalue weighted by Gasteiger charge is -2.07. The van der Waals surface area contributed by atoms with E-state index in [1.165, 1.54) is 0 Å². The first kappa shape index (κ1) is 13.3. The van der Waals surface area contributed by atoms with E-state index in [1.54, 1.807) is 32.4 Å². The van der Waals surface area contributed by atoms with E-state index in [-0.39, 0.29) is 5.78 Å². The normalized spacial score (nSPS) is 9.82. The number of hydrogen-bond donors (Lipinski definition) is 0. The number of allylic oxidation sites excluding steroid dienone is 1. The number of carbonyl (C=O) groups is 1. The Morgan fingerprint density at radius 1 is 1.12 bits per heavy atom. The highest BCUT2D eigenvalue weighted by atomic mass is 16.5. The topological polar surface area (TPSA) is 35.5 Å². The van der Waals surface area contributed by atoms with Crippen molar-refractivity contribution in [2.24, 2.45) is 0 Å². The number of ether oxygens (including phenoxy) is 2. The number of ketones is 1. The van der Waals surface area contributed by atoms with Gasteiger partial charge in [0.25, 0.3) is 0 Å². The largest absolute Gasteiger partial charge is 0.497 e. The molecule has 0 N–H and O–H groups in total. The minimum absolute atomic E-state index is 0.0743. The van der Waals surface area contributed by atoms with Crippen LogP contribution in [0.25, 0.3) is 0 Å². The maximum absolute atomic E-state index is 11.9. The van der Waals surface area contributed by atoms with Gasteiger partial charge in [-0.05, 0) is 25.5 Å². The van der Waals surface area contributed by atoms with Crippen LogP contribution in [0.4, 0.5) is 0 Å². The van der Waals surface area contributed by atoms with Crippen molar-refractivity contribution in [1.29, 1.82) is 0 Å². The van der Waals surface area contributed by atoms with Gasteiger partial charge in [-0.25, -0.2) is 0 Å². The van der Waals surface area contributed by atoms with Crippen LogP contribution in [-0.4, -0.2) is 20.0 Å². The number of rotatable bonds is 6. The monoisotopic (exact) mass is 234 g/mol. The third-order valence-electron chi connectivity index (χ3n) is 2.45. The number of Topliss-reactive ketones (excluding diaryl/α,β-unsaturated/α-hetero) is 1. The molecule has 0 aliphatic carbocycles. The summed E-state index contributed by atoms with van der Waals surface area (Å²) in [5.74, 6) is 1.33. The standard InChI is InChI=1S/C14H18O3/c1-10(2)5-6-14(15)11-7-12(16-3)9-13(8-11)17-4/h7-9H,1,5-6H2,2-4H3. The molecule has 0 aliphatic heterocycles. The van der Waals surface area contributed by atoms with Gasteiger partial charge in [0.1, 0.15) is 11.5 Å². The van der Waals surface area contributed by atoms with Gasteiger partial charge in [0.05, 0.1) is 14.2 Å². The smallest absolute Gasteiger partial charge is 0.163 e. The van der Waals surface area contributed by atoms with Crippen LogP contribution in [0.5, 0.6) is 11.5 Å². The molecule has 0 saturated heterocycles. The minimum atomic E-state index is 0.0743. The fourth-order valence-electron chi connectivity index (χ4n) is 1.44. The summed E-state index contributed by atoms with van der Waals surface area (Å²) >= 11 is 0. The minimum Gasteiger partial charge on any atom is -0.497 e. The molecule has 0 unspecified atom stereocenters. The summed E-state index contributed by atoms with van der Waals surface area (Å²) in [5.41, 5.74) is 1.62. The second kappa shape index (κ2) is 6.09. The molecule has 1 aromatic rings.